The third-order valence-corrected chi connectivity index (χ3v) is 0. The van der Waals surface area contributed by atoms with Crippen molar-refractivity contribution < 1.29 is 0 Å². The molecule has 0 aliphatic heterocycles. The summed E-state index contributed by atoms with van der Waals surface area (Å²) < 4.78 is 0. The second kappa shape index (κ2) is 12.7. The molecule has 66 valence electrons. The molecule has 12 heteroatoms. The molecule has 0 bridgehead atoms. The van der Waals surface area contributed by atoms with E-state index >= 15 is 0 Å². The Morgan fingerprint density at radius 3 is 0.500 bits per heavy atom. The van der Waals surface area contributed by atoms with Crippen molar-refractivity contribution >= 4 is 156 Å². The summed E-state index contributed by atoms with van der Waals surface area (Å²) in [7, 11) is 34.1. The zero-order chi connectivity index (χ0) is 9.00. The van der Waals surface area contributed by atoms with Crippen LogP contribution in [0.4, 0.5) is 0 Å². The molecular formula is HAl2CaCl8Li. The van der Waals surface area contributed by atoms with Gasteiger partial charge in [-0.05, 0) is 0 Å². The summed E-state index contributed by atoms with van der Waals surface area (Å²) >= 11 is 0. The van der Waals surface area contributed by atoms with E-state index in [2.05, 4.69) is 0 Å². The summed E-state index contributed by atoms with van der Waals surface area (Å²) in [6, 6.07) is 0. The van der Waals surface area contributed by atoms with Gasteiger partial charge in [0.25, 0.3) is 0 Å². The molecule has 0 saturated carbocycles. The molecule has 0 saturated heterocycles. The van der Waals surface area contributed by atoms with Crippen LogP contribution in [-0.4, -0.2) is 75.4 Å². The van der Waals surface area contributed by atoms with Crippen LogP contribution in [0.3, 0.4) is 0 Å². The predicted molar refractivity (Wildman–Crippen MR) is 71.2 cm³/mol. The molecule has 0 heterocycles. The third kappa shape index (κ3) is 113. The van der Waals surface area contributed by atoms with Crippen molar-refractivity contribution in [2.24, 2.45) is 0 Å². The molecule has 0 aliphatic carbocycles. The summed E-state index contributed by atoms with van der Waals surface area (Å²) in [5.74, 6) is 0. The van der Waals surface area contributed by atoms with E-state index in [4.69, 9.17) is 80.4 Å². The molecule has 0 aromatic rings. The van der Waals surface area contributed by atoms with E-state index in [1.54, 1.807) is 0 Å². The molecule has 0 aromatic heterocycles. The van der Waals surface area contributed by atoms with Crippen molar-refractivity contribution in [3.63, 3.8) is 0 Å². The molecular weight excluding hydrogens is 385 g/mol. The monoisotopic (exact) mass is 382 g/mol. The van der Waals surface area contributed by atoms with E-state index in [-0.39, 0.29) is 56.6 Å². The average Bonchev–Trinajstić information content (AvgIpc) is 1.12. The second-order valence-electron chi connectivity index (χ2n) is 0.990. The average molecular weight is 386 g/mol. The summed E-state index contributed by atoms with van der Waals surface area (Å²) in [5.41, 5.74) is 0. The van der Waals surface area contributed by atoms with Crippen molar-refractivity contribution in [3.8, 4) is 0 Å². The van der Waals surface area contributed by atoms with Crippen LogP contribution < -0.4 is 0 Å². The minimum atomic E-state index is -2.94. The van der Waals surface area contributed by atoms with Gasteiger partial charge in [0.1, 0.15) is 0 Å². The van der Waals surface area contributed by atoms with Gasteiger partial charge in [0.05, 0.1) is 0 Å². The molecule has 0 nitrogen and oxygen atoms in total. The van der Waals surface area contributed by atoms with Crippen LogP contribution in [0.1, 0.15) is 0 Å². The van der Waals surface area contributed by atoms with Gasteiger partial charge < -0.3 is 80.4 Å². The van der Waals surface area contributed by atoms with E-state index in [0.29, 0.717) is 0 Å². The quantitative estimate of drug-likeness (QED) is 0.558. The summed E-state index contributed by atoms with van der Waals surface area (Å²) in [5, 5.41) is 0. The van der Waals surface area contributed by atoms with Gasteiger partial charge in [-0.15, -0.1) is 0 Å². The number of hydrogen-bond acceptors (Lipinski definition) is 0. The first kappa shape index (κ1) is 25.9. The molecule has 0 rings (SSSR count). The Morgan fingerprint density at radius 1 is 0.500 bits per heavy atom. The van der Waals surface area contributed by atoms with Crippen molar-refractivity contribution in [1.82, 2.24) is 0 Å². The summed E-state index contributed by atoms with van der Waals surface area (Å²) in [6.07, 6.45) is 0. The predicted octanol–water partition coefficient (Wildman–Crippen LogP) is 3.73. The molecule has 0 N–H and O–H groups in total. The first-order valence-corrected chi connectivity index (χ1v) is 15.7. The Hall–Kier alpha value is 5.24. The Morgan fingerprint density at radius 2 is 0.500 bits per heavy atom. The number of hydrogen-bond donors (Lipinski definition) is 0. The Labute approximate surface area is 152 Å². The summed E-state index contributed by atoms with van der Waals surface area (Å²) in [6.45, 7) is 0. The van der Waals surface area contributed by atoms with Gasteiger partial charge in [-0.25, -0.2) is 0 Å². The van der Waals surface area contributed by atoms with Gasteiger partial charge in [-0.1, -0.05) is 0 Å². The van der Waals surface area contributed by atoms with Crippen molar-refractivity contribution in [3.05, 3.63) is 0 Å². The molecule has 0 amide bonds. The first-order valence-electron chi connectivity index (χ1n) is 1.75. The van der Waals surface area contributed by atoms with Crippen LogP contribution in [0.5, 0.6) is 0 Å². The molecule has 0 unspecified atom stereocenters. The fourth-order valence-electron chi connectivity index (χ4n) is 0. The van der Waals surface area contributed by atoms with Gasteiger partial charge in [0.2, 0.25) is 0 Å². The SMILES string of the molecule is [Ca+2].[Cl][Al-]([Cl])([Cl])[Cl].[Cl][Al-]([Cl])([Cl])[Cl].[LiH]. The van der Waals surface area contributed by atoms with Crippen LogP contribution >= 0.6 is 80.4 Å². The third-order valence-electron chi connectivity index (χ3n) is 0. The van der Waals surface area contributed by atoms with E-state index < -0.39 is 18.8 Å². The Kier molecular flexibility index (Phi) is 27.4. The van der Waals surface area contributed by atoms with E-state index in [9.17, 15) is 0 Å². The Balaban J connectivity index is -0.0000000457. The van der Waals surface area contributed by atoms with Crippen LogP contribution in [0, 0.1) is 0 Å². The molecule has 0 radical (unpaired) electrons. The molecule has 12 heavy (non-hydrogen) atoms. The van der Waals surface area contributed by atoms with Crippen molar-refractivity contribution in [2.45, 2.75) is 0 Å². The van der Waals surface area contributed by atoms with E-state index in [1.165, 1.54) is 0 Å². The second-order valence-corrected chi connectivity index (χ2v) is 26.7. The molecule has 0 spiro atoms. The van der Waals surface area contributed by atoms with Crippen molar-refractivity contribution in [1.29, 1.82) is 0 Å². The molecule has 0 aliphatic rings. The summed E-state index contributed by atoms with van der Waals surface area (Å²) in [4.78, 5) is 0. The zero-order valence-corrected chi connectivity index (χ0v) is 15.5. The zero-order valence-electron chi connectivity index (χ0n) is 4.89. The number of rotatable bonds is 0. The van der Waals surface area contributed by atoms with Gasteiger partial charge >= 0.3 is 75.4 Å². The normalized spacial score (nSPS) is 10.0. The van der Waals surface area contributed by atoms with Crippen LogP contribution in [0.15, 0.2) is 0 Å². The van der Waals surface area contributed by atoms with Gasteiger partial charge in [0.15, 0.2) is 0 Å². The van der Waals surface area contributed by atoms with Gasteiger partial charge in [-0.3, -0.25) is 0 Å². The van der Waals surface area contributed by atoms with Gasteiger partial charge in [0, 0.05) is 0 Å². The van der Waals surface area contributed by atoms with Crippen LogP contribution in [0.25, 0.3) is 0 Å². The van der Waals surface area contributed by atoms with Crippen LogP contribution in [-0.2, 0) is 0 Å². The molecule has 0 fully saturated rings. The number of halogens is 8. The maximum absolute atomic E-state index is 4.99. The van der Waals surface area contributed by atoms with E-state index in [1.807, 2.05) is 0 Å². The van der Waals surface area contributed by atoms with Crippen molar-refractivity contribution in [2.75, 3.05) is 0 Å². The Bertz CT molecular complexity index is 60.0. The fraction of sp³-hybridized carbons (Fsp3) is 0. The van der Waals surface area contributed by atoms with Gasteiger partial charge in [-0.2, -0.15) is 0 Å². The molecule has 0 atom stereocenters. The van der Waals surface area contributed by atoms with E-state index in [0.717, 1.165) is 0 Å². The maximum atomic E-state index is 4.99. The molecule has 0 aromatic carbocycles. The van der Waals surface area contributed by atoms with Crippen LogP contribution in [0.2, 0.25) is 0 Å². The minimum absolute atomic E-state index is 0. The fourth-order valence-corrected chi connectivity index (χ4v) is 0. The standard InChI is InChI=1S/2Al.Ca.8ClH.Li.H/h;;;8*1H;;/q2*+3;+2;;;;;;;;;;/p-8. The topological polar surface area (TPSA) is 0 Å². The first-order chi connectivity index (χ1) is 4.00.